The summed E-state index contributed by atoms with van der Waals surface area (Å²) in [4.78, 5) is 24.2. The fourth-order valence-electron chi connectivity index (χ4n) is 1.58. The second-order valence-corrected chi connectivity index (χ2v) is 4.84. The van der Waals surface area contributed by atoms with E-state index in [0.717, 1.165) is 18.7 Å². The van der Waals surface area contributed by atoms with Crippen molar-refractivity contribution >= 4 is 23.6 Å². The first kappa shape index (κ1) is 13.3. The molecule has 1 aliphatic heterocycles. The van der Waals surface area contributed by atoms with Crippen LogP contribution in [0.1, 0.15) is 13.3 Å². The molecule has 1 aliphatic rings. The van der Waals surface area contributed by atoms with E-state index in [0.29, 0.717) is 12.3 Å². The number of nitrogens with one attached hydrogen (secondary N) is 1. The highest BCUT2D eigenvalue weighted by Gasteiger charge is 2.31. The molecule has 16 heavy (non-hydrogen) atoms. The molecule has 5 nitrogen and oxygen atoms in total. The predicted octanol–water partition coefficient (Wildman–Crippen LogP) is 0.0146. The zero-order chi connectivity index (χ0) is 12.0. The maximum atomic E-state index is 11.8. The standard InChI is InChI=1S/C10H18N2O3S/c1-2-3-11-6-9(13)12-4-5-16-7-8(12)10(14)15/h8,11H,2-7H2,1H3,(H,14,15). The van der Waals surface area contributed by atoms with Gasteiger partial charge in [0.05, 0.1) is 6.54 Å². The van der Waals surface area contributed by atoms with Crippen molar-refractivity contribution in [3.05, 3.63) is 0 Å². The molecule has 2 N–H and O–H groups in total. The van der Waals surface area contributed by atoms with Gasteiger partial charge in [0.25, 0.3) is 0 Å². The zero-order valence-corrected chi connectivity index (χ0v) is 10.3. The number of carbonyl (C=O) groups is 2. The number of hydrogen-bond acceptors (Lipinski definition) is 4. The average molecular weight is 246 g/mol. The molecule has 92 valence electrons. The van der Waals surface area contributed by atoms with Gasteiger partial charge in [0, 0.05) is 18.1 Å². The van der Waals surface area contributed by atoms with Gasteiger partial charge in [0.1, 0.15) is 6.04 Å². The Kier molecular flexibility index (Phi) is 5.62. The molecule has 1 atom stereocenters. The minimum absolute atomic E-state index is 0.110. The second-order valence-electron chi connectivity index (χ2n) is 3.69. The lowest BCUT2D eigenvalue weighted by molar-refractivity contribution is -0.148. The van der Waals surface area contributed by atoms with Gasteiger partial charge in [-0.25, -0.2) is 4.79 Å². The largest absolute Gasteiger partial charge is 0.480 e. The average Bonchev–Trinajstić information content (AvgIpc) is 2.29. The number of nitrogens with zero attached hydrogens (tertiary/aromatic N) is 1. The molecule has 1 saturated heterocycles. The monoisotopic (exact) mass is 246 g/mol. The number of rotatable bonds is 5. The highest BCUT2D eigenvalue weighted by atomic mass is 32.2. The fourth-order valence-corrected chi connectivity index (χ4v) is 2.62. The van der Waals surface area contributed by atoms with Crippen LogP contribution in [0.15, 0.2) is 0 Å². The molecule has 0 aromatic rings. The summed E-state index contributed by atoms with van der Waals surface area (Å²) in [5, 5.41) is 12.0. The van der Waals surface area contributed by atoms with Crippen LogP contribution >= 0.6 is 11.8 Å². The lowest BCUT2D eigenvalue weighted by atomic mass is 10.2. The molecular weight excluding hydrogens is 228 g/mol. The summed E-state index contributed by atoms with van der Waals surface area (Å²) in [6.07, 6.45) is 0.964. The van der Waals surface area contributed by atoms with Crippen LogP contribution in [0, 0.1) is 0 Å². The Hall–Kier alpha value is -0.750. The molecule has 1 heterocycles. The number of aliphatic carboxylic acids is 1. The molecule has 1 fully saturated rings. The van der Waals surface area contributed by atoms with Crippen molar-refractivity contribution in [1.82, 2.24) is 10.2 Å². The van der Waals surface area contributed by atoms with E-state index in [4.69, 9.17) is 5.11 Å². The lowest BCUT2D eigenvalue weighted by Crippen LogP contribution is -2.52. The summed E-state index contributed by atoms with van der Waals surface area (Å²) >= 11 is 1.59. The molecule has 1 unspecified atom stereocenters. The Balaban J connectivity index is 2.47. The number of carboxylic acid groups (broad SMARTS) is 1. The first-order valence-corrected chi connectivity index (χ1v) is 6.63. The highest BCUT2D eigenvalue weighted by Crippen LogP contribution is 2.16. The number of thioether (sulfide) groups is 1. The van der Waals surface area contributed by atoms with E-state index in [9.17, 15) is 9.59 Å². The predicted molar refractivity (Wildman–Crippen MR) is 63.6 cm³/mol. The van der Waals surface area contributed by atoms with E-state index in [2.05, 4.69) is 5.32 Å². The molecule has 0 aromatic heterocycles. The first-order chi connectivity index (χ1) is 7.66. The van der Waals surface area contributed by atoms with Gasteiger partial charge < -0.3 is 15.3 Å². The minimum atomic E-state index is -0.906. The molecule has 0 saturated carbocycles. The van der Waals surface area contributed by atoms with Crippen molar-refractivity contribution in [2.45, 2.75) is 19.4 Å². The van der Waals surface area contributed by atoms with Gasteiger partial charge in [-0.15, -0.1) is 0 Å². The molecule has 0 spiro atoms. The van der Waals surface area contributed by atoms with Crippen molar-refractivity contribution < 1.29 is 14.7 Å². The maximum Gasteiger partial charge on any atom is 0.327 e. The first-order valence-electron chi connectivity index (χ1n) is 5.47. The third-order valence-corrected chi connectivity index (χ3v) is 3.46. The van der Waals surface area contributed by atoms with Crippen molar-refractivity contribution in [3.8, 4) is 0 Å². The summed E-state index contributed by atoms with van der Waals surface area (Å²) in [5.41, 5.74) is 0. The van der Waals surface area contributed by atoms with Crippen molar-refractivity contribution in [2.24, 2.45) is 0 Å². The number of amides is 1. The second kappa shape index (κ2) is 6.75. The third-order valence-electron chi connectivity index (χ3n) is 2.44. The SMILES string of the molecule is CCCNCC(=O)N1CCSCC1C(=O)O. The number of hydrogen-bond donors (Lipinski definition) is 2. The molecular formula is C10H18N2O3S. The minimum Gasteiger partial charge on any atom is -0.480 e. The smallest absolute Gasteiger partial charge is 0.327 e. The van der Waals surface area contributed by atoms with E-state index >= 15 is 0 Å². The van der Waals surface area contributed by atoms with Crippen LogP contribution in [0.25, 0.3) is 0 Å². The van der Waals surface area contributed by atoms with Crippen molar-refractivity contribution in [3.63, 3.8) is 0 Å². The van der Waals surface area contributed by atoms with Gasteiger partial charge in [0.15, 0.2) is 0 Å². The Morgan fingerprint density at radius 3 is 2.94 bits per heavy atom. The van der Waals surface area contributed by atoms with Crippen LogP contribution in [-0.4, -0.2) is 59.1 Å². The number of carboxylic acids is 1. The Labute approximate surface area is 99.6 Å². The molecule has 1 amide bonds. The highest BCUT2D eigenvalue weighted by molar-refractivity contribution is 7.99. The van der Waals surface area contributed by atoms with Crippen LogP contribution < -0.4 is 5.32 Å². The number of carbonyl (C=O) groups excluding carboxylic acids is 1. The van der Waals surface area contributed by atoms with Crippen LogP contribution in [0.5, 0.6) is 0 Å². The van der Waals surface area contributed by atoms with E-state index in [1.807, 2.05) is 6.92 Å². The quantitative estimate of drug-likeness (QED) is 0.669. The van der Waals surface area contributed by atoms with Gasteiger partial charge in [-0.1, -0.05) is 6.92 Å². The lowest BCUT2D eigenvalue weighted by Gasteiger charge is -2.32. The summed E-state index contributed by atoms with van der Waals surface area (Å²) in [6.45, 7) is 3.58. The molecule has 0 radical (unpaired) electrons. The Morgan fingerprint density at radius 1 is 1.56 bits per heavy atom. The van der Waals surface area contributed by atoms with E-state index < -0.39 is 12.0 Å². The molecule has 0 aliphatic carbocycles. The van der Waals surface area contributed by atoms with Crippen LogP contribution in [0.4, 0.5) is 0 Å². The fraction of sp³-hybridized carbons (Fsp3) is 0.800. The van der Waals surface area contributed by atoms with E-state index in [1.54, 1.807) is 11.8 Å². The molecule has 0 aromatic carbocycles. The van der Waals surface area contributed by atoms with E-state index in [-0.39, 0.29) is 12.5 Å². The Morgan fingerprint density at radius 2 is 2.31 bits per heavy atom. The molecule has 1 rings (SSSR count). The third kappa shape index (κ3) is 3.68. The van der Waals surface area contributed by atoms with Crippen LogP contribution in [0.3, 0.4) is 0 Å². The summed E-state index contributed by atoms with van der Waals surface area (Å²) in [7, 11) is 0. The van der Waals surface area contributed by atoms with Gasteiger partial charge >= 0.3 is 5.97 Å². The summed E-state index contributed by atoms with van der Waals surface area (Å²) in [5.74, 6) is 0.301. The van der Waals surface area contributed by atoms with Gasteiger partial charge in [0.2, 0.25) is 5.91 Å². The normalized spacial score (nSPS) is 20.8. The zero-order valence-electron chi connectivity index (χ0n) is 9.44. The van der Waals surface area contributed by atoms with Crippen LogP contribution in [-0.2, 0) is 9.59 Å². The maximum absolute atomic E-state index is 11.8. The topological polar surface area (TPSA) is 69.6 Å². The van der Waals surface area contributed by atoms with E-state index in [1.165, 1.54) is 4.90 Å². The Bertz CT molecular complexity index is 260. The van der Waals surface area contributed by atoms with Crippen molar-refractivity contribution in [2.75, 3.05) is 31.1 Å². The van der Waals surface area contributed by atoms with Gasteiger partial charge in [-0.3, -0.25) is 4.79 Å². The van der Waals surface area contributed by atoms with Crippen molar-refractivity contribution in [1.29, 1.82) is 0 Å². The molecule has 6 heteroatoms. The summed E-state index contributed by atoms with van der Waals surface area (Å²) in [6, 6.07) is -0.658. The van der Waals surface area contributed by atoms with Crippen LogP contribution in [0.2, 0.25) is 0 Å². The summed E-state index contributed by atoms with van der Waals surface area (Å²) < 4.78 is 0. The molecule has 0 bridgehead atoms. The van der Waals surface area contributed by atoms with Gasteiger partial charge in [-0.2, -0.15) is 11.8 Å². The van der Waals surface area contributed by atoms with Gasteiger partial charge in [-0.05, 0) is 13.0 Å².